The molecule has 53 heavy (non-hydrogen) atoms. The highest BCUT2D eigenvalue weighted by molar-refractivity contribution is 5.68. The van der Waals surface area contributed by atoms with Crippen LogP contribution in [0.1, 0.15) is 128 Å². The van der Waals surface area contributed by atoms with Gasteiger partial charge in [0, 0.05) is 31.1 Å². The van der Waals surface area contributed by atoms with Crippen LogP contribution in [0.5, 0.6) is 5.75 Å². The molecule has 3 aliphatic carbocycles. The van der Waals surface area contributed by atoms with Crippen molar-refractivity contribution in [2.75, 3.05) is 6.61 Å². The molecule has 4 aliphatic rings. The van der Waals surface area contributed by atoms with Gasteiger partial charge >= 0.3 is 11.9 Å². The third kappa shape index (κ3) is 13.1. The van der Waals surface area contributed by atoms with Gasteiger partial charge in [0.2, 0.25) is 0 Å². The molecule has 6 N–H and O–H groups in total. The molecule has 1 aliphatic heterocycles. The summed E-state index contributed by atoms with van der Waals surface area (Å²) in [5, 5.41) is 58.8. The summed E-state index contributed by atoms with van der Waals surface area (Å²) in [6.45, 7) is 3.98. The molecule has 10 nitrogen and oxygen atoms in total. The number of hydrogen-bond acceptors (Lipinski definition) is 8. The molecule has 10 atom stereocenters. The van der Waals surface area contributed by atoms with Gasteiger partial charge < -0.3 is 40.1 Å². The number of hydrogen-bond donors (Lipinski definition) is 6. The van der Waals surface area contributed by atoms with Crippen LogP contribution in [0.25, 0.3) is 0 Å². The first kappa shape index (κ1) is 42.8. The van der Waals surface area contributed by atoms with Crippen molar-refractivity contribution in [1.29, 1.82) is 0 Å². The Bertz CT molecular complexity index is 1340. The highest BCUT2D eigenvalue weighted by Gasteiger charge is 2.47. The average molecular weight is 743 g/mol. The normalized spacial score (nSPS) is 29.1. The van der Waals surface area contributed by atoms with Crippen molar-refractivity contribution >= 4 is 11.9 Å². The minimum absolute atomic E-state index is 0.0238. The summed E-state index contributed by atoms with van der Waals surface area (Å²) in [5.74, 6) is 1.20. The zero-order chi connectivity index (χ0) is 38.3. The van der Waals surface area contributed by atoms with E-state index in [0.717, 1.165) is 101 Å². The van der Waals surface area contributed by atoms with E-state index in [-0.39, 0.29) is 49.1 Å². The molecule has 0 radical (unpaired) electrons. The topological polar surface area (TPSA) is 174 Å². The molecule has 1 aromatic rings. The third-order valence-electron chi connectivity index (χ3n) is 11.9. The number of fused-ring (bicyclic) bond motifs is 3. The van der Waals surface area contributed by atoms with E-state index in [2.05, 4.69) is 19.9 Å². The molecule has 0 unspecified atom stereocenters. The van der Waals surface area contributed by atoms with Crippen LogP contribution in [0.15, 0.2) is 42.2 Å². The second kappa shape index (κ2) is 21.8. The molecule has 0 bridgehead atoms. The molecule has 5 rings (SSSR count). The van der Waals surface area contributed by atoms with Gasteiger partial charge in [-0.15, -0.1) is 0 Å². The Balaban J connectivity index is 0.000000238. The van der Waals surface area contributed by atoms with Crippen LogP contribution in [0.4, 0.5) is 0 Å². The molecule has 0 amide bonds. The summed E-state index contributed by atoms with van der Waals surface area (Å²) < 4.78 is 11.4. The standard InChI is InChI=1S/C23H34O5.C20H32O5/c1-2-3-4-7-17(24)9-10-18-19-11-15-6-5-8-22(28-14-23(26)27)20(15)12-16(19)13-21(18)25;1-2-3-4-7-14(21)10-11-16-17-12-15(8-5-6-9-20(23)24)25-19(17)13-18(16)22/h5-6,8,16-19,21,24-25H,2-4,7,9-14H2,1H3,(H,26,27);8,10-11,14,16-19,21-22H,2-7,9,12-13H2,1H3,(H,23,24)/b;11-10+,15-8-/t16-,17-,18+,19-,21+;14-,16+,17+,18+,19-/m00/s1. The van der Waals surface area contributed by atoms with E-state index >= 15 is 0 Å². The number of rotatable bonds is 20. The second-order valence-electron chi connectivity index (χ2n) is 15.9. The van der Waals surface area contributed by atoms with Crippen LogP contribution in [0.3, 0.4) is 0 Å². The van der Waals surface area contributed by atoms with Gasteiger partial charge in [0.05, 0.1) is 30.2 Å². The van der Waals surface area contributed by atoms with Gasteiger partial charge in [-0.25, -0.2) is 4.79 Å². The minimum atomic E-state index is -0.972. The molecule has 1 saturated heterocycles. The number of carboxylic acids is 2. The first-order valence-electron chi connectivity index (χ1n) is 20.4. The summed E-state index contributed by atoms with van der Waals surface area (Å²) in [6.07, 6.45) is 19.8. The monoisotopic (exact) mass is 742 g/mol. The quantitative estimate of drug-likeness (QED) is 0.0604. The molecule has 1 heterocycles. The van der Waals surface area contributed by atoms with Crippen LogP contribution in [0.2, 0.25) is 0 Å². The van der Waals surface area contributed by atoms with Crippen LogP contribution < -0.4 is 4.74 Å². The Kier molecular flexibility index (Phi) is 17.6. The lowest BCUT2D eigenvalue weighted by atomic mass is 9.73. The fourth-order valence-electron chi connectivity index (χ4n) is 9.09. The zero-order valence-corrected chi connectivity index (χ0v) is 32.0. The van der Waals surface area contributed by atoms with Crippen molar-refractivity contribution in [1.82, 2.24) is 0 Å². The maximum atomic E-state index is 10.8. The molecule has 3 fully saturated rings. The van der Waals surface area contributed by atoms with Crippen LogP contribution in [-0.2, 0) is 27.2 Å². The van der Waals surface area contributed by atoms with Gasteiger partial charge in [-0.3, -0.25) is 4.79 Å². The van der Waals surface area contributed by atoms with E-state index in [9.17, 15) is 30.0 Å². The molecule has 0 aromatic heterocycles. The number of aliphatic carboxylic acids is 2. The molecule has 1 aromatic carbocycles. The largest absolute Gasteiger partial charge is 0.495 e. The van der Waals surface area contributed by atoms with Crippen molar-refractivity contribution in [2.45, 2.75) is 160 Å². The Morgan fingerprint density at radius 1 is 0.887 bits per heavy atom. The predicted molar refractivity (Wildman–Crippen MR) is 203 cm³/mol. The molecule has 10 heteroatoms. The number of carboxylic acid groups (broad SMARTS) is 2. The van der Waals surface area contributed by atoms with E-state index in [0.29, 0.717) is 36.8 Å². The molecule has 2 saturated carbocycles. The summed E-state index contributed by atoms with van der Waals surface area (Å²) in [7, 11) is 0. The minimum Gasteiger partial charge on any atom is -0.495 e. The summed E-state index contributed by atoms with van der Waals surface area (Å²) >= 11 is 0. The molecular weight excluding hydrogens is 676 g/mol. The van der Waals surface area contributed by atoms with Crippen LogP contribution in [0, 0.1) is 29.6 Å². The van der Waals surface area contributed by atoms with E-state index < -0.39 is 24.1 Å². The van der Waals surface area contributed by atoms with Crippen molar-refractivity contribution in [3.05, 3.63) is 53.3 Å². The lowest BCUT2D eigenvalue weighted by Crippen LogP contribution is -2.28. The summed E-state index contributed by atoms with van der Waals surface area (Å²) in [6, 6.07) is 5.87. The predicted octanol–water partition coefficient (Wildman–Crippen LogP) is 6.99. The SMILES string of the molecule is CCCCC[C@H](O)/C=C/[C@@H]1[C@H]2C/C(=C/CCCC(=O)O)O[C@H]2C[C@H]1O.CCCCC[C@H](O)CC[C@@H]1[C@H]2Cc3cccc(OCC(=O)O)c3C[C@H]2C[C@H]1O. The Morgan fingerprint density at radius 3 is 2.36 bits per heavy atom. The van der Waals surface area contributed by atoms with Gasteiger partial charge in [0.15, 0.2) is 6.61 Å². The van der Waals surface area contributed by atoms with Gasteiger partial charge in [0.1, 0.15) is 11.9 Å². The maximum absolute atomic E-state index is 10.8. The number of aliphatic hydroxyl groups excluding tert-OH is 4. The van der Waals surface area contributed by atoms with Crippen LogP contribution in [-0.4, -0.2) is 79.7 Å². The number of ether oxygens (including phenoxy) is 2. The zero-order valence-electron chi connectivity index (χ0n) is 32.0. The van der Waals surface area contributed by atoms with Gasteiger partial charge in [-0.05, 0) is 98.8 Å². The number of unbranched alkanes of at least 4 members (excludes halogenated alkanes) is 5. The van der Waals surface area contributed by atoms with E-state index in [1.54, 1.807) is 0 Å². The van der Waals surface area contributed by atoms with Crippen molar-refractivity contribution in [2.24, 2.45) is 29.6 Å². The fourth-order valence-corrected chi connectivity index (χ4v) is 9.09. The number of aliphatic hydroxyl groups is 4. The van der Waals surface area contributed by atoms with Crippen molar-refractivity contribution in [3.8, 4) is 5.75 Å². The van der Waals surface area contributed by atoms with Crippen molar-refractivity contribution < 1.29 is 49.7 Å². The Hall–Kier alpha value is -2.92. The van der Waals surface area contributed by atoms with Crippen LogP contribution >= 0.6 is 0 Å². The van der Waals surface area contributed by atoms with E-state index in [4.69, 9.17) is 19.7 Å². The molecule has 298 valence electrons. The fraction of sp³-hybridized carbons (Fsp3) is 0.721. The maximum Gasteiger partial charge on any atom is 0.341 e. The first-order chi connectivity index (χ1) is 25.5. The second-order valence-corrected chi connectivity index (χ2v) is 15.9. The lowest BCUT2D eigenvalue weighted by molar-refractivity contribution is -0.139. The number of benzene rings is 1. The van der Waals surface area contributed by atoms with E-state index in [1.165, 1.54) is 5.56 Å². The Morgan fingerprint density at radius 2 is 1.64 bits per heavy atom. The highest BCUT2D eigenvalue weighted by atomic mass is 16.5. The van der Waals surface area contributed by atoms with Gasteiger partial charge in [-0.1, -0.05) is 76.7 Å². The van der Waals surface area contributed by atoms with Gasteiger partial charge in [-0.2, -0.15) is 0 Å². The number of allylic oxidation sites excluding steroid dienone is 2. The summed E-state index contributed by atoms with van der Waals surface area (Å²) in [5.41, 5.74) is 2.32. The third-order valence-corrected chi connectivity index (χ3v) is 11.9. The number of carbonyl (C=O) groups is 2. The molecular formula is C43H66O10. The van der Waals surface area contributed by atoms with Crippen molar-refractivity contribution in [3.63, 3.8) is 0 Å². The lowest BCUT2D eigenvalue weighted by Gasteiger charge is -2.32. The first-order valence-corrected chi connectivity index (χ1v) is 20.4. The molecule has 0 spiro atoms. The average Bonchev–Trinajstić information content (AvgIpc) is 3.75. The highest BCUT2D eigenvalue weighted by Crippen LogP contribution is 2.49. The Labute approximate surface area is 316 Å². The smallest absolute Gasteiger partial charge is 0.341 e. The van der Waals surface area contributed by atoms with E-state index in [1.807, 2.05) is 30.4 Å². The summed E-state index contributed by atoms with van der Waals surface area (Å²) in [4.78, 5) is 21.4. The van der Waals surface area contributed by atoms with Gasteiger partial charge in [0.25, 0.3) is 0 Å².